The number of benzene rings is 3. The molecule has 37 heavy (non-hydrogen) atoms. The molecule has 2 heterocycles. The van der Waals surface area contributed by atoms with E-state index in [0.717, 1.165) is 22.9 Å². The molecular formula is C29H29F3N2O3. The Labute approximate surface area is 214 Å². The number of nitrogens with zero attached hydrogens (tertiary/aromatic N) is 2. The summed E-state index contributed by atoms with van der Waals surface area (Å²) in [6.45, 7) is 6.60. The molecular weight excluding hydrogens is 481 g/mol. The van der Waals surface area contributed by atoms with Crippen LogP contribution in [0.5, 0.6) is 5.75 Å². The predicted molar refractivity (Wildman–Crippen MR) is 135 cm³/mol. The van der Waals surface area contributed by atoms with E-state index >= 15 is 0 Å². The highest BCUT2D eigenvalue weighted by Gasteiger charge is 2.47. The summed E-state index contributed by atoms with van der Waals surface area (Å²) in [5, 5.41) is 0. The van der Waals surface area contributed by atoms with E-state index < -0.39 is 23.1 Å². The van der Waals surface area contributed by atoms with Gasteiger partial charge in [-0.2, -0.15) is 0 Å². The Morgan fingerprint density at radius 3 is 2.46 bits per heavy atom. The van der Waals surface area contributed by atoms with E-state index in [1.165, 1.54) is 6.07 Å². The summed E-state index contributed by atoms with van der Waals surface area (Å²) in [4.78, 5) is 16.6. The molecule has 3 aromatic carbocycles. The fourth-order valence-electron chi connectivity index (χ4n) is 5.19. The van der Waals surface area contributed by atoms with Gasteiger partial charge in [-0.15, -0.1) is 0 Å². The lowest BCUT2D eigenvalue weighted by Gasteiger charge is -2.37. The van der Waals surface area contributed by atoms with Crippen molar-refractivity contribution in [3.63, 3.8) is 0 Å². The largest absolute Gasteiger partial charge is 0.494 e. The van der Waals surface area contributed by atoms with E-state index in [4.69, 9.17) is 9.47 Å². The number of likely N-dealkylation sites (tertiary alicyclic amines) is 1. The number of carbonyl (C=O) groups is 1. The molecule has 5 nitrogen and oxygen atoms in total. The third-order valence-electron chi connectivity index (χ3n) is 7.16. The Morgan fingerprint density at radius 1 is 0.973 bits per heavy atom. The van der Waals surface area contributed by atoms with E-state index in [1.54, 1.807) is 17.0 Å². The number of anilines is 1. The Hall–Kier alpha value is -3.52. The fraction of sp³-hybridized carbons (Fsp3) is 0.345. The molecule has 0 N–H and O–H groups in total. The van der Waals surface area contributed by atoms with Gasteiger partial charge in [0.1, 0.15) is 11.4 Å². The van der Waals surface area contributed by atoms with E-state index in [-0.39, 0.29) is 11.7 Å². The summed E-state index contributed by atoms with van der Waals surface area (Å²) in [5.74, 6) is -3.30. The summed E-state index contributed by atoms with van der Waals surface area (Å²) >= 11 is 0. The molecule has 5 rings (SSSR count). The van der Waals surface area contributed by atoms with Crippen molar-refractivity contribution in [1.82, 2.24) is 4.90 Å². The van der Waals surface area contributed by atoms with Gasteiger partial charge in [-0.25, -0.2) is 18.0 Å². The van der Waals surface area contributed by atoms with E-state index in [1.807, 2.05) is 44.2 Å². The second-order valence-electron chi connectivity index (χ2n) is 9.73. The van der Waals surface area contributed by atoms with Gasteiger partial charge < -0.3 is 9.47 Å². The Morgan fingerprint density at radius 2 is 1.73 bits per heavy atom. The van der Waals surface area contributed by atoms with Crippen LogP contribution >= 0.6 is 0 Å². The summed E-state index contributed by atoms with van der Waals surface area (Å²) in [7, 11) is 0. The molecule has 194 valence electrons. The van der Waals surface area contributed by atoms with Crippen LogP contribution in [0.2, 0.25) is 0 Å². The number of aryl methyl sites for hydroxylation is 1. The molecule has 2 fully saturated rings. The minimum Gasteiger partial charge on any atom is -0.494 e. The monoisotopic (exact) mass is 510 g/mol. The maximum atomic E-state index is 14.7. The lowest BCUT2D eigenvalue weighted by molar-refractivity contribution is -0.000952. The van der Waals surface area contributed by atoms with Crippen molar-refractivity contribution in [2.45, 2.75) is 38.8 Å². The summed E-state index contributed by atoms with van der Waals surface area (Å²) < 4.78 is 53.8. The number of halogens is 3. The van der Waals surface area contributed by atoms with Gasteiger partial charge in [0.05, 0.1) is 13.2 Å². The molecule has 0 bridgehead atoms. The molecule has 3 aromatic rings. The molecule has 0 aliphatic carbocycles. The molecule has 1 amide bonds. The van der Waals surface area contributed by atoms with Crippen molar-refractivity contribution in [2.24, 2.45) is 0 Å². The highest BCUT2D eigenvalue weighted by atomic mass is 19.2. The van der Waals surface area contributed by atoms with Crippen LogP contribution in [0, 0.1) is 24.4 Å². The van der Waals surface area contributed by atoms with Crippen molar-refractivity contribution >= 4 is 11.8 Å². The normalized spacial score (nSPS) is 17.3. The number of ether oxygens (including phenoxy) is 2. The lowest BCUT2D eigenvalue weighted by atomic mass is 9.90. The maximum absolute atomic E-state index is 14.7. The third kappa shape index (κ3) is 5.03. The molecule has 0 radical (unpaired) electrons. The summed E-state index contributed by atoms with van der Waals surface area (Å²) in [6, 6.07) is 15.2. The lowest BCUT2D eigenvalue weighted by Crippen LogP contribution is -2.46. The molecule has 2 aliphatic heterocycles. The van der Waals surface area contributed by atoms with Gasteiger partial charge in [-0.1, -0.05) is 18.2 Å². The van der Waals surface area contributed by atoms with Crippen LogP contribution in [0.1, 0.15) is 30.9 Å². The first-order valence-corrected chi connectivity index (χ1v) is 12.5. The second-order valence-corrected chi connectivity index (χ2v) is 9.73. The number of rotatable bonds is 6. The SMILES string of the molecule is CCOc1ccc(-c2ccc(F)c(F)c2F)c(CN2CCC3(CC2)CN(c2cccc(C)c2)C(=O)O3)c1. The predicted octanol–water partition coefficient (Wildman–Crippen LogP) is 6.47. The first kappa shape index (κ1) is 25.1. The Bertz CT molecular complexity index is 1320. The van der Waals surface area contributed by atoms with Gasteiger partial charge in [0.15, 0.2) is 17.5 Å². The van der Waals surface area contributed by atoms with Crippen LogP contribution in [0.4, 0.5) is 23.7 Å². The van der Waals surface area contributed by atoms with Crippen molar-refractivity contribution < 1.29 is 27.4 Å². The molecule has 0 saturated carbocycles. The maximum Gasteiger partial charge on any atom is 0.415 e. The quantitative estimate of drug-likeness (QED) is 0.357. The van der Waals surface area contributed by atoms with Crippen molar-refractivity contribution in [1.29, 1.82) is 0 Å². The van der Waals surface area contributed by atoms with Crippen LogP contribution in [0.3, 0.4) is 0 Å². The smallest absolute Gasteiger partial charge is 0.415 e. The highest BCUT2D eigenvalue weighted by Crippen LogP contribution is 2.37. The highest BCUT2D eigenvalue weighted by molar-refractivity contribution is 5.90. The number of hydrogen-bond donors (Lipinski definition) is 0. The van der Waals surface area contributed by atoms with Crippen LogP contribution in [-0.2, 0) is 11.3 Å². The van der Waals surface area contributed by atoms with Gasteiger partial charge in [-0.3, -0.25) is 9.80 Å². The minimum absolute atomic E-state index is 0.00366. The Kier molecular flexibility index (Phi) is 6.86. The van der Waals surface area contributed by atoms with E-state index in [0.29, 0.717) is 56.9 Å². The first-order chi connectivity index (χ1) is 17.8. The van der Waals surface area contributed by atoms with Gasteiger partial charge in [0.2, 0.25) is 0 Å². The van der Waals surface area contributed by atoms with Crippen LogP contribution < -0.4 is 9.64 Å². The van der Waals surface area contributed by atoms with Gasteiger partial charge in [0, 0.05) is 43.7 Å². The van der Waals surface area contributed by atoms with Crippen LogP contribution in [-0.4, -0.2) is 42.8 Å². The molecule has 0 unspecified atom stereocenters. The zero-order valence-electron chi connectivity index (χ0n) is 20.9. The topological polar surface area (TPSA) is 42.0 Å². The molecule has 2 aliphatic rings. The standard InChI is InChI=1S/C29H29F3N2O3/c1-3-36-22-7-8-23(24-9-10-25(30)27(32)26(24)31)20(16-22)17-33-13-11-29(12-14-33)18-34(28(35)37-29)21-6-4-5-19(2)15-21/h4-10,15-16H,3,11-14,17-18H2,1-2H3. The van der Waals surface area contributed by atoms with Crippen molar-refractivity contribution in [2.75, 3.05) is 31.1 Å². The number of piperidine rings is 1. The van der Waals surface area contributed by atoms with Gasteiger partial charge >= 0.3 is 6.09 Å². The summed E-state index contributed by atoms with van der Waals surface area (Å²) in [5.41, 5.74) is 2.58. The number of amides is 1. The third-order valence-corrected chi connectivity index (χ3v) is 7.16. The van der Waals surface area contributed by atoms with Crippen molar-refractivity contribution in [3.8, 4) is 16.9 Å². The average Bonchev–Trinajstić information content (AvgIpc) is 3.20. The van der Waals surface area contributed by atoms with Gasteiger partial charge in [0.25, 0.3) is 0 Å². The van der Waals surface area contributed by atoms with Crippen LogP contribution in [0.25, 0.3) is 11.1 Å². The zero-order valence-corrected chi connectivity index (χ0v) is 20.9. The molecule has 1 spiro atoms. The molecule has 8 heteroatoms. The first-order valence-electron chi connectivity index (χ1n) is 12.5. The minimum atomic E-state index is -1.49. The van der Waals surface area contributed by atoms with E-state index in [2.05, 4.69) is 4.90 Å². The Balaban J connectivity index is 1.34. The second kappa shape index (κ2) is 10.1. The fourth-order valence-corrected chi connectivity index (χ4v) is 5.19. The number of hydrogen-bond acceptors (Lipinski definition) is 4. The average molecular weight is 511 g/mol. The molecule has 0 aromatic heterocycles. The van der Waals surface area contributed by atoms with Crippen molar-refractivity contribution in [3.05, 3.63) is 83.2 Å². The van der Waals surface area contributed by atoms with Gasteiger partial charge in [-0.05, 0) is 66.9 Å². The summed E-state index contributed by atoms with van der Waals surface area (Å²) in [6.07, 6.45) is 0.974. The molecule has 2 saturated heterocycles. The van der Waals surface area contributed by atoms with Crippen LogP contribution in [0.15, 0.2) is 54.6 Å². The molecule has 0 atom stereocenters. The zero-order chi connectivity index (χ0) is 26.2. The number of carbonyl (C=O) groups excluding carboxylic acids is 1. The van der Waals surface area contributed by atoms with E-state index in [9.17, 15) is 18.0 Å².